The molecule has 0 saturated carbocycles. The molecule has 1 N–H and O–H groups in total. The number of para-hydroxylation sites is 1. The summed E-state index contributed by atoms with van der Waals surface area (Å²) in [5, 5.41) is 2.87. The van der Waals surface area contributed by atoms with Crippen molar-refractivity contribution in [1.29, 1.82) is 0 Å². The largest absolute Gasteiger partial charge is 0.378 e. The maximum Gasteiger partial charge on any atom is 0.264 e. The predicted octanol–water partition coefficient (Wildman–Crippen LogP) is 3.90. The van der Waals surface area contributed by atoms with Crippen LogP contribution in [0.15, 0.2) is 83.8 Å². The molecule has 1 amide bonds. The molecule has 0 bridgehead atoms. The van der Waals surface area contributed by atoms with Crippen molar-refractivity contribution in [3.8, 4) is 0 Å². The molecule has 0 aromatic heterocycles. The summed E-state index contributed by atoms with van der Waals surface area (Å²) in [5.41, 5.74) is 2.89. The molecular weight excluding hydrogens is 410 g/mol. The van der Waals surface area contributed by atoms with Gasteiger partial charge in [-0.1, -0.05) is 36.4 Å². The second kappa shape index (κ2) is 9.66. The molecule has 3 aromatic rings. The Morgan fingerprint density at radius 2 is 1.55 bits per heavy atom. The first-order chi connectivity index (χ1) is 14.8. The van der Waals surface area contributed by atoms with Crippen molar-refractivity contribution in [2.24, 2.45) is 0 Å². The van der Waals surface area contributed by atoms with Gasteiger partial charge < -0.3 is 10.2 Å². The Hall–Kier alpha value is -3.32. The number of amides is 1. The van der Waals surface area contributed by atoms with E-state index in [-0.39, 0.29) is 17.3 Å². The zero-order chi connectivity index (χ0) is 22.4. The van der Waals surface area contributed by atoms with Crippen LogP contribution in [0.5, 0.6) is 0 Å². The number of benzene rings is 3. The zero-order valence-corrected chi connectivity index (χ0v) is 18.8. The number of hydrogen-bond acceptors (Lipinski definition) is 4. The average molecular weight is 438 g/mol. The van der Waals surface area contributed by atoms with Gasteiger partial charge in [-0.25, -0.2) is 8.42 Å². The smallest absolute Gasteiger partial charge is 0.264 e. The molecule has 0 atom stereocenters. The Balaban J connectivity index is 1.79. The number of nitrogens with zero attached hydrogens (tertiary/aromatic N) is 2. The van der Waals surface area contributed by atoms with Gasteiger partial charge in [0.05, 0.1) is 10.6 Å². The zero-order valence-electron chi connectivity index (χ0n) is 17.9. The molecule has 3 aromatic carbocycles. The highest BCUT2D eigenvalue weighted by molar-refractivity contribution is 7.92. The van der Waals surface area contributed by atoms with E-state index in [2.05, 4.69) is 5.32 Å². The van der Waals surface area contributed by atoms with Gasteiger partial charge >= 0.3 is 0 Å². The van der Waals surface area contributed by atoms with E-state index in [1.165, 1.54) is 16.4 Å². The highest BCUT2D eigenvalue weighted by Crippen LogP contribution is 2.24. The third-order valence-corrected chi connectivity index (χ3v) is 6.79. The SMILES string of the molecule is CCN(c1ccccc1)S(=O)(=O)c1cccc(C(=O)NCc2cccc(N(C)C)c2)c1. The summed E-state index contributed by atoms with van der Waals surface area (Å²) < 4.78 is 27.7. The van der Waals surface area contributed by atoms with E-state index in [1.807, 2.05) is 49.3 Å². The number of anilines is 2. The summed E-state index contributed by atoms with van der Waals surface area (Å²) in [7, 11) is 0.119. The van der Waals surface area contributed by atoms with Gasteiger partial charge in [0.2, 0.25) is 0 Å². The normalized spacial score (nSPS) is 11.1. The predicted molar refractivity (Wildman–Crippen MR) is 125 cm³/mol. The van der Waals surface area contributed by atoms with Gasteiger partial charge in [0.15, 0.2) is 0 Å². The maximum absolute atomic E-state index is 13.2. The van der Waals surface area contributed by atoms with Gasteiger partial charge in [0.25, 0.3) is 15.9 Å². The van der Waals surface area contributed by atoms with Crippen LogP contribution in [0.2, 0.25) is 0 Å². The topological polar surface area (TPSA) is 69.7 Å². The molecule has 0 spiro atoms. The minimum atomic E-state index is -3.79. The van der Waals surface area contributed by atoms with Crippen molar-refractivity contribution < 1.29 is 13.2 Å². The van der Waals surface area contributed by atoms with Crippen LogP contribution in [0.3, 0.4) is 0 Å². The first-order valence-electron chi connectivity index (χ1n) is 10.0. The number of carbonyl (C=O) groups excluding carboxylic acids is 1. The minimum Gasteiger partial charge on any atom is -0.378 e. The van der Waals surface area contributed by atoms with E-state index in [9.17, 15) is 13.2 Å². The minimum absolute atomic E-state index is 0.0838. The number of rotatable bonds is 8. The maximum atomic E-state index is 13.2. The first-order valence-corrected chi connectivity index (χ1v) is 11.5. The molecule has 0 aliphatic rings. The van der Waals surface area contributed by atoms with Crippen molar-refractivity contribution in [1.82, 2.24) is 5.32 Å². The molecule has 0 saturated heterocycles. The summed E-state index contributed by atoms with van der Waals surface area (Å²) in [5.74, 6) is -0.324. The molecule has 7 heteroatoms. The van der Waals surface area contributed by atoms with E-state index >= 15 is 0 Å². The molecule has 0 radical (unpaired) electrons. The van der Waals surface area contributed by atoms with E-state index in [0.29, 0.717) is 17.8 Å². The fraction of sp³-hybridized carbons (Fsp3) is 0.208. The van der Waals surface area contributed by atoms with Crippen LogP contribution in [0.4, 0.5) is 11.4 Å². The second-order valence-electron chi connectivity index (χ2n) is 7.28. The van der Waals surface area contributed by atoms with E-state index < -0.39 is 10.0 Å². The summed E-state index contributed by atoms with van der Waals surface area (Å²) in [4.78, 5) is 14.8. The van der Waals surface area contributed by atoms with Crippen LogP contribution >= 0.6 is 0 Å². The number of carbonyl (C=O) groups is 1. The second-order valence-corrected chi connectivity index (χ2v) is 9.14. The van der Waals surface area contributed by atoms with Crippen LogP contribution in [-0.2, 0) is 16.6 Å². The van der Waals surface area contributed by atoms with Gasteiger partial charge in [-0.15, -0.1) is 0 Å². The van der Waals surface area contributed by atoms with Gasteiger partial charge in [-0.3, -0.25) is 9.10 Å². The van der Waals surface area contributed by atoms with Crippen LogP contribution in [-0.4, -0.2) is 35.0 Å². The van der Waals surface area contributed by atoms with Crippen molar-refractivity contribution in [3.63, 3.8) is 0 Å². The van der Waals surface area contributed by atoms with Crippen molar-refractivity contribution in [3.05, 3.63) is 90.0 Å². The Morgan fingerprint density at radius 3 is 2.23 bits per heavy atom. The first kappa shape index (κ1) is 22.4. The third kappa shape index (κ3) is 5.24. The molecule has 0 heterocycles. The summed E-state index contributed by atoms with van der Waals surface area (Å²) >= 11 is 0. The van der Waals surface area contributed by atoms with Crippen LogP contribution in [0, 0.1) is 0 Å². The highest BCUT2D eigenvalue weighted by Gasteiger charge is 2.24. The third-order valence-electron chi connectivity index (χ3n) is 4.90. The molecule has 0 unspecified atom stereocenters. The van der Waals surface area contributed by atoms with E-state index in [0.717, 1.165) is 11.3 Å². The monoisotopic (exact) mass is 437 g/mol. The highest BCUT2D eigenvalue weighted by atomic mass is 32.2. The lowest BCUT2D eigenvalue weighted by molar-refractivity contribution is 0.0950. The van der Waals surface area contributed by atoms with E-state index in [4.69, 9.17) is 0 Å². The number of hydrogen-bond donors (Lipinski definition) is 1. The van der Waals surface area contributed by atoms with Gasteiger partial charge in [-0.05, 0) is 55.0 Å². The van der Waals surface area contributed by atoms with Crippen LogP contribution in [0.25, 0.3) is 0 Å². The van der Waals surface area contributed by atoms with Crippen LogP contribution < -0.4 is 14.5 Å². The van der Waals surface area contributed by atoms with Crippen molar-refractivity contribution >= 4 is 27.3 Å². The van der Waals surface area contributed by atoms with Gasteiger partial charge in [-0.2, -0.15) is 0 Å². The summed E-state index contributed by atoms with van der Waals surface area (Å²) in [6.45, 7) is 2.41. The molecule has 31 heavy (non-hydrogen) atoms. The molecule has 0 aliphatic heterocycles. The standard InChI is InChI=1S/C24H27N3O3S/c1-4-27(21-12-6-5-7-13-21)31(29,30)23-15-9-11-20(17-23)24(28)25-18-19-10-8-14-22(16-19)26(2)3/h5-17H,4,18H2,1-3H3,(H,25,28). The molecule has 3 rings (SSSR count). The summed E-state index contributed by atoms with van der Waals surface area (Å²) in [6, 6.07) is 22.9. The lowest BCUT2D eigenvalue weighted by Crippen LogP contribution is -2.31. The summed E-state index contributed by atoms with van der Waals surface area (Å²) in [6.07, 6.45) is 0. The van der Waals surface area contributed by atoms with Gasteiger partial charge in [0.1, 0.15) is 0 Å². The molecule has 6 nitrogen and oxygen atoms in total. The van der Waals surface area contributed by atoms with Crippen molar-refractivity contribution in [2.45, 2.75) is 18.4 Å². The molecular formula is C24H27N3O3S. The lowest BCUT2D eigenvalue weighted by atomic mass is 10.1. The van der Waals surface area contributed by atoms with E-state index in [1.54, 1.807) is 43.3 Å². The molecule has 162 valence electrons. The number of nitrogens with one attached hydrogen (secondary N) is 1. The quantitative estimate of drug-likeness (QED) is 0.580. The Bertz CT molecular complexity index is 1150. The Labute approximate surface area is 184 Å². The Kier molecular flexibility index (Phi) is 6.97. The van der Waals surface area contributed by atoms with Gasteiger partial charge in [0, 0.05) is 38.4 Å². The molecule has 0 aliphatic carbocycles. The fourth-order valence-electron chi connectivity index (χ4n) is 3.24. The Morgan fingerprint density at radius 1 is 0.871 bits per heavy atom. The lowest BCUT2D eigenvalue weighted by Gasteiger charge is -2.23. The average Bonchev–Trinajstić information content (AvgIpc) is 2.78. The fourth-order valence-corrected chi connectivity index (χ4v) is 4.76. The van der Waals surface area contributed by atoms with Crippen molar-refractivity contribution in [2.75, 3.05) is 29.8 Å². The number of sulfonamides is 1. The van der Waals surface area contributed by atoms with Crippen LogP contribution in [0.1, 0.15) is 22.8 Å². The molecule has 0 fully saturated rings.